The van der Waals surface area contributed by atoms with Crippen molar-refractivity contribution in [2.45, 2.75) is 25.7 Å². The van der Waals surface area contributed by atoms with Crippen molar-refractivity contribution in [1.29, 1.82) is 0 Å². The maximum Gasteiger partial charge on any atom is 0.251 e. The molecule has 1 aliphatic rings. The summed E-state index contributed by atoms with van der Waals surface area (Å²) in [6.07, 6.45) is 5.57. The quantitative estimate of drug-likeness (QED) is 0.654. The number of pyridine rings is 1. The molecule has 2 N–H and O–H groups in total. The van der Waals surface area contributed by atoms with Gasteiger partial charge in [-0.2, -0.15) is 0 Å². The fraction of sp³-hybridized carbons (Fsp3) is 0.292. The summed E-state index contributed by atoms with van der Waals surface area (Å²) in [6.45, 7) is 2.35. The normalized spacial score (nSPS) is 13.8. The lowest BCUT2D eigenvalue weighted by atomic mass is 10.1. The minimum absolute atomic E-state index is 0.152. The Morgan fingerprint density at radius 3 is 2.50 bits per heavy atom. The zero-order valence-corrected chi connectivity index (χ0v) is 16.9. The molecule has 1 aromatic heterocycles. The maximum absolute atomic E-state index is 12.4. The van der Waals surface area contributed by atoms with Crippen molar-refractivity contribution < 1.29 is 9.59 Å². The van der Waals surface area contributed by atoms with E-state index in [0.717, 1.165) is 29.7 Å². The number of carbonyl (C=O) groups is 2. The predicted octanol–water partition coefficient (Wildman–Crippen LogP) is 3.98. The molecule has 0 radical (unpaired) electrons. The van der Waals surface area contributed by atoms with Crippen LogP contribution in [0.3, 0.4) is 0 Å². The number of fused-ring (bicyclic) bond motifs is 1. The van der Waals surface area contributed by atoms with Gasteiger partial charge in [0, 0.05) is 31.6 Å². The highest BCUT2D eigenvalue weighted by molar-refractivity contribution is 5.99. The van der Waals surface area contributed by atoms with Crippen LogP contribution in [0.4, 0.5) is 11.5 Å². The molecule has 30 heavy (non-hydrogen) atoms. The van der Waals surface area contributed by atoms with Crippen LogP contribution in [0.2, 0.25) is 0 Å². The number of piperidine rings is 1. The summed E-state index contributed by atoms with van der Waals surface area (Å²) < 4.78 is 0. The van der Waals surface area contributed by atoms with E-state index in [1.165, 1.54) is 19.3 Å². The minimum atomic E-state index is -0.180. The number of benzene rings is 2. The van der Waals surface area contributed by atoms with E-state index in [9.17, 15) is 9.59 Å². The number of rotatable bonds is 6. The number of hydrogen-bond donors (Lipinski definition) is 2. The summed E-state index contributed by atoms with van der Waals surface area (Å²) in [5, 5.41) is 7.76. The Morgan fingerprint density at radius 2 is 1.73 bits per heavy atom. The molecule has 154 valence electrons. The van der Waals surface area contributed by atoms with Gasteiger partial charge >= 0.3 is 0 Å². The van der Waals surface area contributed by atoms with E-state index in [4.69, 9.17) is 0 Å². The molecule has 0 unspecified atom stereocenters. The second kappa shape index (κ2) is 9.39. The van der Waals surface area contributed by atoms with Crippen LogP contribution < -0.4 is 15.5 Å². The first-order valence-corrected chi connectivity index (χ1v) is 10.5. The van der Waals surface area contributed by atoms with Gasteiger partial charge in [0.2, 0.25) is 5.91 Å². The first-order chi connectivity index (χ1) is 14.7. The van der Waals surface area contributed by atoms with Crippen molar-refractivity contribution in [1.82, 2.24) is 10.3 Å². The summed E-state index contributed by atoms with van der Waals surface area (Å²) in [4.78, 5) is 31.3. The summed E-state index contributed by atoms with van der Waals surface area (Å²) in [7, 11) is 0. The molecular formula is C24H26N4O2. The third-order valence-electron chi connectivity index (χ3n) is 5.36. The van der Waals surface area contributed by atoms with Crippen LogP contribution in [0.5, 0.6) is 0 Å². The highest BCUT2D eigenvalue weighted by Crippen LogP contribution is 2.19. The number of nitrogens with one attached hydrogen (secondary N) is 2. The molecule has 2 amide bonds. The third-order valence-corrected chi connectivity index (χ3v) is 5.36. The number of amides is 2. The molecule has 6 nitrogen and oxygen atoms in total. The largest absolute Gasteiger partial charge is 0.357 e. The highest BCUT2D eigenvalue weighted by atomic mass is 16.2. The van der Waals surface area contributed by atoms with Crippen LogP contribution in [-0.2, 0) is 4.79 Å². The SMILES string of the molecule is O=C(CCNC(=O)c1ccc2ccccc2c1)Nc1ccc(N2CCCCC2)nc1. The van der Waals surface area contributed by atoms with Crippen molar-refractivity contribution in [3.63, 3.8) is 0 Å². The topological polar surface area (TPSA) is 74.3 Å². The molecule has 2 heterocycles. The molecule has 1 fully saturated rings. The fourth-order valence-electron chi connectivity index (χ4n) is 3.72. The Balaban J connectivity index is 1.24. The molecule has 1 saturated heterocycles. The number of aromatic nitrogens is 1. The van der Waals surface area contributed by atoms with Gasteiger partial charge in [-0.15, -0.1) is 0 Å². The van der Waals surface area contributed by atoms with Crippen molar-refractivity contribution in [3.8, 4) is 0 Å². The van der Waals surface area contributed by atoms with Crippen LogP contribution in [0.15, 0.2) is 60.8 Å². The molecule has 0 saturated carbocycles. The van der Waals surface area contributed by atoms with Crippen molar-refractivity contribution in [2.24, 2.45) is 0 Å². The number of hydrogen-bond acceptors (Lipinski definition) is 4. The second-order valence-corrected chi connectivity index (χ2v) is 7.57. The van der Waals surface area contributed by atoms with Crippen LogP contribution in [-0.4, -0.2) is 36.4 Å². The molecule has 4 rings (SSSR count). The van der Waals surface area contributed by atoms with Gasteiger partial charge in [-0.25, -0.2) is 4.98 Å². The van der Waals surface area contributed by atoms with Gasteiger partial charge < -0.3 is 15.5 Å². The van der Waals surface area contributed by atoms with E-state index in [-0.39, 0.29) is 24.8 Å². The van der Waals surface area contributed by atoms with Crippen molar-refractivity contribution in [2.75, 3.05) is 29.9 Å². The van der Waals surface area contributed by atoms with Gasteiger partial charge in [-0.05, 0) is 54.3 Å². The predicted molar refractivity (Wildman–Crippen MR) is 120 cm³/mol. The Bertz CT molecular complexity index is 1030. The summed E-state index contributed by atoms with van der Waals surface area (Å²) in [5.41, 5.74) is 1.26. The second-order valence-electron chi connectivity index (χ2n) is 7.57. The van der Waals surface area contributed by atoms with Gasteiger partial charge in [0.15, 0.2) is 0 Å². The van der Waals surface area contributed by atoms with Crippen LogP contribution in [0, 0.1) is 0 Å². The number of nitrogens with zero attached hydrogens (tertiary/aromatic N) is 2. The lowest BCUT2D eigenvalue weighted by molar-refractivity contribution is -0.116. The highest BCUT2D eigenvalue weighted by Gasteiger charge is 2.12. The minimum Gasteiger partial charge on any atom is -0.357 e. The Labute approximate surface area is 176 Å². The summed E-state index contributed by atoms with van der Waals surface area (Å²) in [5.74, 6) is 0.623. The van der Waals surface area contributed by atoms with E-state index in [0.29, 0.717) is 11.3 Å². The smallest absolute Gasteiger partial charge is 0.251 e. The van der Waals surface area contributed by atoms with Crippen molar-refractivity contribution >= 4 is 34.1 Å². The molecular weight excluding hydrogens is 376 g/mol. The molecule has 0 spiro atoms. The van der Waals surface area contributed by atoms with Gasteiger partial charge in [0.1, 0.15) is 5.82 Å². The van der Waals surface area contributed by atoms with Gasteiger partial charge in [0.25, 0.3) is 5.91 Å². The van der Waals surface area contributed by atoms with Crippen LogP contribution in [0.25, 0.3) is 10.8 Å². The van der Waals surface area contributed by atoms with E-state index in [2.05, 4.69) is 20.5 Å². The molecule has 2 aromatic carbocycles. The Morgan fingerprint density at radius 1 is 0.933 bits per heavy atom. The average Bonchev–Trinajstić information content (AvgIpc) is 2.80. The molecule has 0 bridgehead atoms. The molecule has 1 aliphatic heterocycles. The summed E-state index contributed by atoms with van der Waals surface area (Å²) >= 11 is 0. The molecule has 0 atom stereocenters. The molecule has 3 aromatic rings. The van der Waals surface area contributed by atoms with Gasteiger partial charge in [-0.3, -0.25) is 9.59 Å². The number of anilines is 2. The van der Waals surface area contributed by atoms with E-state index in [1.807, 2.05) is 48.5 Å². The van der Waals surface area contributed by atoms with Crippen LogP contribution >= 0.6 is 0 Å². The Hall–Kier alpha value is -3.41. The van der Waals surface area contributed by atoms with E-state index >= 15 is 0 Å². The monoisotopic (exact) mass is 402 g/mol. The van der Waals surface area contributed by atoms with E-state index < -0.39 is 0 Å². The first kappa shape index (κ1) is 19.9. The fourth-order valence-corrected chi connectivity index (χ4v) is 3.72. The standard InChI is InChI=1S/C24H26N4O2/c29-23(27-21-10-11-22(26-17-21)28-14-4-1-5-15-28)12-13-25-24(30)20-9-8-18-6-2-3-7-19(18)16-20/h2-3,6-11,16-17H,1,4-5,12-15H2,(H,25,30)(H,27,29). The average molecular weight is 402 g/mol. The third kappa shape index (κ3) is 4.95. The lowest BCUT2D eigenvalue weighted by Gasteiger charge is -2.27. The summed E-state index contributed by atoms with van der Waals surface area (Å²) in [6, 6.07) is 17.3. The zero-order chi connectivity index (χ0) is 20.8. The number of carbonyl (C=O) groups excluding carboxylic acids is 2. The maximum atomic E-state index is 12.4. The van der Waals surface area contributed by atoms with Crippen LogP contribution in [0.1, 0.15) is 36.0 Å². The Kier molecular flexibility index (Phi) is 6.23. The van der Waals surface area contributed by atoms with Crippen molar-refractivity contribution in [3.05, 3.63) is 66.4 Å². The van der Waals surface area contributed by atoms with Gasteiger partial charge in [0.05, 0.1) is 11.9 Å². The zero-order valence-electron chi connectivity index (χ0n) is 16.9. The molecule has 0 aliphatic carbocycles. The lowest BCUT2D eigenvalue weighted by Crippen LogP contribution is -2.30. The first-order valence-electron chi connectivity index (χ1n) is 10.5. The van der Waals surface area contributed by atoms with Gasteiger partial charge in [-0.1, -0.05) is 30.3 Å². The van der Waals surface area contributed by atoms with E-state index in [1.54, 1.807) is 12.3 Å². The molecule has 6 heteroatoms.